The Morgan fingerprint density at radius 1 is 1.32 bits per heavy atom. The Morgan fingerprint density at radius 3 is 2.47 bits per heavy atom. The third-order valence-corrected chi connectivity index (χ3v) is 6.02. The molecule has 0 aliphatic rings. The molecular weight excluding hydrogens is 353 g/mol. The molecule has 1 heterocycles. The minimum Gasteiger partial charge on any atom is -0.207 e. The fourth-order valence-corrected chi connectivity index (χ4v) is 4.26. The first-order valence-corrected chi connectivity index (χ1v) is 8.45. The Morgan fingerprint density at radius 2 is 1.95 bits per heavy atom. The van der Waals surface area contributed by atoms with Crippen LogP contribution in [0.4, 0.5) is 4.39 Å². The first-order chi connectivity index (χ1) is 8.89. The lowest BCUT2D eigenvalue weighted by Gasteiger charge is -2.16. The number of hydrogen-bond acceptors (Lipinski definition) is 3. The molecule has 0 saturated heterocycles. The van der Waals surface area contributed by atoms with Gasteiger partial charge >= 0.3 is 0 Å². The van der Waals surface area contributed by atoms with E-state index in [1.165, 1.54) is 34.8 Å². The predicted octanol–water partition coefficient (Wildman–Crippen LogP) is 3.47. The second kappa shape index (κ2) is 5.70. The summed E-state index contributed by atoms with van der Waals surface area (Å²) >= 11 is 4.80. The first-order valence-electron chi connectivity index (χ1n) is 5.34. The lowest BCUT2D eigenvalue weighted by Crippen LogP contribution is -2.26. The van der Waals surface area contributed by atoms with Crippen molar-refractivity contribution in [2.45, 2.75) is 11.4 Å². The van der Waals surface area contributed by atoms with Crippen LogP contribution in [0.3, 0.4) is 0 Å². The Bertz CT molecular complexity index is 667. The molecule has 1 aromatic heterocycles. The molecule has 102 valence electrons. The van der Waals surface area contributed by atoms with Crippen LogP contribution in [-0.2, 0) is 16.6 Å². The van der Waals surface area contributed by atoms with Gasteiger partial charge in [-0.05, 0) is 46.3 Å². The molecule has 0 aliphatic heterocycles. The Balaban J connectivity index is 2.21. The van der Waals surface area contributed by atoms with Crippen molar-refractivity contribution >= 4 is 37.3 Å². The van der Waals surface area contributed by atoms with Crippen molar-refractivity contribution in [3.63, 3.8) is 0 Å². The molecule has 0 aliphatic carbocycles. The van der Waals surface area contributed by atoms with E-state index in [0.717, 1.165) is 21.5 Å². The fraction of sp³-hybridized carbons (Fsp3) is 0.167. The van der Waals surface area contributed by atoms with Crippen LogP contribution in [0.2, 0.25) is 0 Å². The highest BCUT2D eigenvalue weighted by atomic mass is 79.9. The molecule has 0 saturated carbocycles. The third-order valence-electron chi connectivity index (χ3n) is 2.52. The van der Waals surface area contributed by atoms with Crippen molar-refractivity contribution in [1.82, 2.24) is 4.31 Å². The van der Waals surface area contributed by atoms with Crippen LogP contribution in [0.15, 0.2) is 45.1 Å². The maximum absolute atomic E-state index is 12.8. The number of nitrogens with zero attached hydrogens (tertiary/aromatic N) is 1. The van der Waals surface area contributed by atoms with Gasteiger partial charge in [0.2, 0.25) is 10.0 Å². The summed E-state index contributed by atoms with van der Waals surface area (Å²) in [6.07, 6.45) is 0. The first kappa shape index (κ1) is 14.6. The summed E-state index contributed by atoms with van der Waals surface area (Å²) in [6.45, 7) is 0.288. The van der Waals surface area contributed by atoms with Gasteiger partial charge in [-0.25, -0.2) is 12.8 Å². The summed E-state index contributed by atoms with van der Waals surface area (Å²) in [6, 6.07) is 6.70. The zero-order valence-electron chi connectivity index (χ0n) is 10.0. The smallest absolute Gasteiger partial charge is 0.207 e. The van der Waals surface area contributed by atoms with Crippen LogP contribution in [0, 0.1) is 5.82 Å². The highest BCUT2D eigenvalue weighted by Gasteiger charge is 2.21. The summed E-state index contributed by atoms with van der Waals surface area (Å²) in [7, 11) is -2.08. The topological polar surface area (TPSA) is 37.4 Å². The van der Waals surface area contributed by atoms with Crippen LogP contribution >= 0.6 is 27.3 Å². The van der Waals surface area contributed by atoms with Crippen LogP contribution < -0.4 is 0 Å². The Kier molecular flexibility index (Phi) is 4.39. The summed E-state index contributed by atoms with van der Waals surface area (Å²) in [5.74, 6) is -0.455. The van der Waals surface area contributed by atoms with E-state index in [9.17, 15) is 12.8 Å². The zero-order chi connectivity index (χ0) is 14.0. The van der Waals surface area contributed by atoms with E-state index in [0.29, 0.717) is 0 Å². The van der Waals surface area contributed by atoms with Gasteiger partial charge in [-0.1, -0.05) is 0 Å². The van der Waals surface area contributed by atoms with Gasteiger partial charge in [-0.15, -0.1) is 11.3 Å². The molecule has 0 unspecified atom stereocenters. The average Bonchev–Trinajstić information content (AvgIpc) is 2.75. The largest absolute Gasteiger partial charge is 0.243 e. The van der Waals surface area contributed by atoms with Gasteiger partial charge in [0.1, 0.15) is 5.82 Å². The number of hydrogen-bond donors (Lipinski definition) is 0. The zero-order valence-corrected chi connectivity index (χ0v) is 13.2. The summed E-state index contributed by atoms with van der Waals surface area (Å²) in [5, 5.41) is 1.90. The minimum atomic E-state index is -3.59. The molecule has 0 spiro atoms. The lowest BCUT2D eigenvalue weighted by atomic mass is 10.4. The van der Waals surface area contributed by atoms with Gasteiger partial charge in [-0.3, -0.25) is 0 Å². The molecule has 0 bridgehead atoms. The van der Waals surface area contributed by atoms with Gasteiger partial charge in [0.05, 0.1) is 4.90 Å². The quantitative estimate of drug-likeness (QED) is 0.833. The van der Waals surface area contributed by atoms with E-state index in [1.54, 1.807) is 0 Å². The maximum atomic E-state index is 12.8. The molecule has 0 atom stereocenters. The van der Waals surface area contributed by atoms with Crippen molar-refractivity contribution in [2.24, 2.45) is 0 Å². The van der Waals surface area contributed by atoms with Crippen molar-refractivity contribution in [1.29, 1.82) is 0 Å². The normalized spacial score (nSPS) is 12.0. The van der Waals surface area contributed by atoms with E-state index in [-0.39, 0.29) is 11.4 Å². The standard InChI is InChI=1S/C12H11BrFNO2S2/c1-15(7-11-6-9(13)8-18-11)19(16,17)12-4-2-10(14)3-5-12/h2-6,8H,7H2,1H3. The van der Waals surface area contributed by atoms with E-state index in [2.05, 4.69) is 15.9 Å². The number of halogens is 2. The van der Waals surface area contributed by atoms with Gasteiger partial charge in [-0.2, -0.15) is 4.31 Å². The number of sulfonamides is 1. The monoisotopic (exact) mass is 363 g/mol. The van der Waals surface area contributed by atoms with Gasteiger partial charge in [0, 0.05) is 28.3 Å². The fourth-order valence-electron chi connectivity index (χ4n) is 1.53. The summed E-state index contributed by atoms with van der Waals surface area (Å²) in [4.78, 5) is 1.02. The molecule has 1 aromatic carbocycles. The van der Waals surface area contributed by atoms with Crippen LogP contribution in [0.1, 0.15) is 4.88 Å². The van der Waals surface area contributed by atoms with Crippen molar-refractivity contribution < 1.29 is 12.8 Å². The van der Waals surface area contributed by atoms with Crippen molar-refractivity contribution in [3.05, 3.63) is 50.9 Å². The van der Waals surface area contributed by atoms with E-state index < -0.39 is 15.8 Å². The molecule has 0 amide bonds. The Labute approximate surface area is 123 Å². The van der Waals surface area contributed by atoms with Crippen LogP contribution in [-0.4, -0.2) is 19.8 Å². The minimum absolute atomic E-state index is 0.0898. The highest BCUT2D eigenvalue weighted by molar-refractivity contribution is 9.10. The molecular formula is C12H11BrFNO2S2. The van der Waals surface area contributed by atoms with Crippen LogP contribution in [0.25, 0.3) is 0 Å². The summed E-state index contributed by atoms with van der Waals surface area (Å²) in [5.41, 5.74) is 0. The SMILES string of the molecule is CN(Cc1cc(Br)cs1)S(=O)(=O)c1ccc(F)cc1. The van der Waals surface area contributed by atoms with Crippen LogP contribution in [0.5, 0.6) is 0 Å². The van der Waals surface area contributed by atoms with E-state index in [4.69, 9.17) is 0 Å². The molecule has 0 radical (unpaired) electrons. The van der Waals surface area contributed by atoms with Gasteiger partial charge in [0.25, 0.3) is 0 Å². The van der Waals surface area contributed by atoms with Crippen molar-refractivity contribution in [2.75, 3.05) is 7.05 Å². The summed E-state index contributed by atoms with van der Waals surface area (Å²) < 4.78 is 39.5. The van der Waals surface area contributed by atoms with Gasteiger partial charge < -0.3 is 0 Å². The highest BCUT2D eigenvalue weighted by Crippen LogP contribution is 2.23. The molecule has 0 fully saturated rings. The lowest BCUT2D eigenvalue weighted by molar-refractivity contribution is 0.469. The molecule has 2 aromatic rings. The second-order valence-electron chi connectivity index (χ2n) is 3.95. The molecule has 7 heteroatoms. The number of rotatable bonds is 4. The van der Waals surface area contributed by atoms with E-state index >= 15 is 0 Å². The molecule has 2 rings (SSSR count). The molecule has 3 nitrogen and oxygen atoms in total. The van der Waals surface area contributed by atoms with Crippen molar-refractivity contribution in [3.8, 4) is 0 Å². The predicted molar refractivity (Wildman–Crippen MR) is 77.1 cm³/mol. The Hall–Kier alpha value is -0.760. The van der Waals surface area contributed by atoms with E-state index in [1.807, 2.05) is 11.4 Å². The maximum Gasteiger partial charge on any atom is 0.243 e. The molecule has 0 N–H and O–H groups in total. The second-order valence-corrected chi connectivity index (χ2v) is 7.90. The molecule has 19 heavy (non-hydrogen) atoms. The van der Waals surface area contributed by atoms with Gasteiger partial charge in [0.15, 0.2) is 0 Å². The number of benzene rings is 1. The average molecular weight is 364 g/mol. The number of thiophene rings is 1. The third kappa shape index (κ3) is 3.42.